The van der Waals surface area contributed by atoms with Gasteiger partial charge in [-0.05, 0) is 63.7 Å². The second-order valence-corrected chi connectivity index (χ2v) is 8.77. The van der Waals surface area contributed by atoms with Crippen molar-refractivity contribution in [3.63, 3.8) is 0 Å². The molecule has 2 saturated heterocycles. The van der Waals surface area contributed by atoms with Gasteiger partial charge < -0.3 is 20.5 Å². The van der Waals surface area contributed by atoms with Gasteiger partial charge in [-0.1, -0.05) is 0 Å². The molecule has 0 bridgehead atoms. The fourth-order valence-electron chi connectivity index (χ4n) is 4.82. The highest BCUT2D eigenvalue weighted by atomic mass is 16.1. The lowest BCUT2D eigenvalue weighted by molar-refractivity contribution is 0.102. The monoisotopic (exact) mass is 418 g/mol. The van der Waals surface area contributed by atoms with E-state index in [0.717, 1.165) is 42.8 Å². The van der Waals surface area contributed by atoms with Crippen LogP contribution in [0.5, 0.6) is 0 Å². The molecule has 162 valence electrons. The Hall–Kier alpha value is -2.90. The summed E-state index contributed by atoms with van der Waals surface area (Å²) in [6.07, 6.45) is 4.22. The first-order chi connectivity index (χ1) is 15.1. The summed E-state index contributed by atoms with van der Waals surface area (Å²) in [7, 11) is 2.17. The van der Waals surface area contributed by atoms with Crippen LogP contribution in [0, 0.1) is 0 Å². The molecule has 2 aliphatic rings. The predicted octanol–water partition coefficient (Wildman–Crippen LogP) is 3.38. The first-order valence-electron chi connectivity index (χ1n) is 11.2. The van der Waals surface area contributed by atoms with Crippen molar-refractivity contribution in [2.24, 2.45) is 0 Å². The van der Waals surface area contributed by atoms with Gasteiger partial charge >= 0.3 is 0 Å². The number of rotatable bonds is 4. The maximum absolute atomic E-state index is 12.8. The summed E-state index contributed by atoms with van der Waals surface area (Å²) in [5, 5.41) is 7.42. The highest BCUT2D eigenvalue weighted by Gasteiger charge is 2.24. The van der Waals surface area contributed by atoms with Gasteiger partial charge in [-0.25, -0.2) is 4.98 Å². The molecule has 0 radical (unpaired) electrons. The molecule has 2 fully saturated rings. The van der Waals surface area contributed by atoms with Gasteiger partial charge in [0.15, 0.2) is 0 Å². The third kappa shape index (κ3) is 4.03. The zero-order valence-corrected chi connectivity index (χ0v) is 18.2. The van der Waals surface area contributed by atoms with Crippen molar-refractivity contribution in [1.29, 1.82) is 0 Å². The number of piperazine rings is 1. The molecule has 2 aliphatic heterocycles. The Morgan fingerprint density at radius 3 is 2.77 bits per heavy atom. The number of aromatic nitrogens is 2. The lowest BCUT2D eigenvalue weighted by Crippen LogP contribution is -2.49. The minimum absolute atomic E-state index is 0.144. The van der Waals surface area contributed by atoms with Gasteiger partial charge in [0.2, 0.25) is 0 Å². The van der Waals surface area contributed by atoms with E-state index >= 15 is 0 Å². The standard InChI is InChI=1S/C24H30N6O/c1-16-14-25-9-11-30(16)19-7-5-17(6-8-19)24(31)28-23-13-20-18(15-26-23)12-21(27-20)22-4-3-10-29(22)2/h5-8,12-13,15-16,22,25,27H,3-4,9-11,14H2,1-2H3,(H,26,28,31)/t16-,22+/m0/s1. The first kappa shape index (κ1) is 20.0. The van der Waals surface area contributed by atoms with Crippen LogP contribution in [0.15, 0.2) is 42.6 Å². The van der Waals surface area contributed by atoms with Gasteiger partial charge in [-0.3, -0.25) is 9.69 Å². The van der Waals surface area contributed by atoms with Gasteiger partial charge in [0.25, 0.3) is 5.91 Å². The Labute approximate surface area is 182 Å². The Kier molecular flexibility index (Phi) is 5.38. The van der Waals surface area contributed by atoms with Crippen LogP contribution in [0.25, 0.3) is 10.9 Å². The second kappa shape index (κ2) is 8.32. The maximum Gasteiger partial charge on any atom is 0.256 e. The van der Waals surface area contributed by atoms with Crippen molar-refractivity contribution in [3.8, 4) is 0 Å². The Morgan fingerprint density at radius 2 is 2.03 bits per heavy atom. The summed E-state index contributed by atoms with van der Waals surface area (Å²) < 4.78 is 0. The SMILES string of the molecule is C[C@H]1CNCCN1c1ccc(C(=O)Nc2cc3[nH]c([C@H]4CCCN4C)cc3cn2)cc1. The molecular formula is C24H30N6O. The van der Waals surface area contributed by atoms with Crippen LogP contribution in [0.1, 0.15) is 41.9 Å². The number of pyridine rings is 1. The minimum atomic E-state index is -0.144. The number of hydrogen-bond donors (Lipinski definition) is 3. The number of nitrogens with one attached hydrogen (secondary N) is 3. The molecule has 0 aliphatic carbocycles. The number of likely N-dealkylation sites (tertiary alicyclic amines) is 1. The number of hydrogen-bond acceptors (Lipinski definition) is 5. The van der Waals surface area contributed by atoms with Crippen LogP contribution in [-0.4, -0.2) is 60.0 Å². The second-order valence-electron chi connectivity index (χ2n) is 8.77. The van der Waals surface area contributed by atoms with Crippen molar-refractivity contribution in [2.75, 3.05) is 43.4 Å². The number of H-pyrrole nitrogens is 1. The number of aromatic amines is 1. The molecular weight excluding hydrogens is 388 g/mol. The molecule has 2 atom stereocenters. The van der Waals surface area contributed by atoms with E-state index in [1.54, 1.807) is 0 Å². The van der Waals surface area contributed by atoms with Gasteiger partial charge in [-0.15, -0.1) is 0 Å². The van der Waals surface area contributed by atoms with Crippen LogP contribution in [-0.2, 0) is 0 Å². The minimum Gasteiger partial charge on any atom is -0.366 e. The molecule has 0 saturated carbocycles. The average Bonchev–Trinajstić information content (AvgIpc) is 3.39. The largest absolute Gasteiger partial charge is 0.366 e. The van der Waals surface area contributed by atoms with E-state index in [0.29, 0.717) is 23.5 Å². The lowest BCUT2D eigenvalue weighted by Gasteiger charge is -2.35. The van der Waals surface area contributed by atoms with Crippen LogP contribution >= 0.6 is 0 Å². The number of fused-ring (bicyclic) bond motifs is 1. The highest BCUT2D eigenvalue weighted by molar-refractivity contribution is 6.04. The number of nitrogens with zero attached hydrogens (tertiary/aromatic N) is 3. The zero-order chi connectivity index (χ0) is 21.4. The summed E-state index contributed by atoms with van der Waals surface area (Å²) in [5.74, 6) is 0.416. The Balaban J connectivity index is 1.29. The summed E-state index contributed by atoms with van der Waals surface area (Å²) in [6.45, 7) is 6.29. The Bertz CT molecular complexity index is 1080. The third-order valence-electron chi connectivity index (χ3n) is 6.61. The van der Waals surface area contributed by atoms with Crippen molar-refractivity contribution >= 4 is 28.3 Å². The van der Waals surface area contributed by atoms with Gasteiger partial charge in [0, 0.05) is 66.3 Å². The molecule has 3 N–H and O–H groups in total. The first-order valence-corrected chi connectivity index (χ1v) is 11.2. The van der Waals surface area contributed by atoms with E-state index in [2.05, 4.69) is 50.4 Å². The van der Waals surface area contributed by atoms with Crippen LogP contribution in [0.2, 0.25) is 0 Å². The normalized spacial score (nSPS) is 22.2. The summed E-state index contributed by atoms with van der Waals surface area (Å²) >= 11 is 0. The number of anilines is 2. The lowest BCUT2D eigenvalue weighted by atomic mass is 10.1. The smallest absolute Gasteiger partial charge is 0.256 e. The number of carbonyl (C=O) groups is 1. The van der Waals surface area contributed by atoms with E-state index in [1.165, 1.54) is 18.5 Å². The third-order valence-corrected chi connectivity index (χ3v) is 6.61. The molecule has 5 rings (SSSR count). The quantitative estimate of drug-likeness (QED) is 0.606. The molecule has 3 aromatic rings. The molecule has 0 spiro atoms. The number of benzene rings is 1. The fourth-order valence-corrected chi connectivity index (χ4v) is 4.82. The van der Waals surface area contributed by atoms with E-state index in [-0.39, 0.29) is 5.91 Å². The number of carbonyl (C=O) groups excluding carboxylic acids is 1. The average molecular weight is 419 g/mol. The number of amides is 1. The van der Waals surface area contributed by atoms with Gasteiger partial charge in [0.1, 0.15) is 5.82 Å². The topological polar surface area (TPSA) is 76.3 Å². The van der Waals surface area contributed by atoms with Crippen LogP contribution < -0.4 is 15.5 Å². The van der Waals surface area contributed by atoms with E-state index in [1.807, 2.05) is 36.5 Å². The molecule has 7 nitrogen and oxygen atoms in total. The van der Waals surface area contributed by atoms with Crippen LogP contribution in [0.4, 0.5) is 11.5 Å². The summed E-state index contributed by atoms with van der Waals surface area (Å²) in [5.41, 5.74) is 4.01. The van der Waals surface area contributed by atoms with E-state index < -0.39 is 0 Å². The molecule has 0 unspecified atom stereocenters. The van der Waals surface area contributed by atoms with Crippen molar-refractivity contribution < 1.29 is 4.79 Å². The van der Waals surface area contributed by atoms with E-state index in [9.17, 15) is 4.79 Å². The Morgan fingerprint density at radius 1 is 1.19 bits per heavy atom. The summed E-state index contributed by atoms with van der Waals surface area (Å²) in [6, 6.07) is 12.8. The predicted molar refractivity (Wildman–Crippen MR) is 125 cm³/mol. The zero-order valence-electron chi connectivity index (χ0n) is 18.2. The molecule has 4 heterocycles. The fraction of sp³-hybridized carbons (Fsp3) is 0.417. The molecule has 1 amide bonds. The molecule has 7 heteroatoms. The van der Waals surface area contributed by atoms with Crippen LogP contribution in [0.3, 0.4) is 0 Å². The van der Waals surface area contributed by atoms with Crippen molar-refractivity contribution in [1.82, 2.24) is 20.2 Å². The molecule has 2 aromatic heterocycles. The molecule has 31 heavy (non-hydrogen) atoms. The molecule has 1 aromatic carbocycles. The maximum atomic E-state index is 12.8. The van der Waals surface area contributed by atoms with Crippen molar-refractivity contribution in [3.05, 3.63) is 53.9 Å². The van der Waals surface area contributed by atoms with Crippen molar-refractivity contribution in [2.45, 2.75) is 31.8 Å². The highest BCUT2D eigenvalue weighted by Crippen LogP contribution is 2.32. The van der Waals surface area contributed by atoms with Gasteiger partial charge in [0.05, 0.1) is 5.52 Å². The van der Waals surface area contributed by atoms with E-state index in [4.69, 9.17) is 0 Å². The van der Waals surface area contributed by atoms with Gasteiger partial charge in [-0.2, -0.15) is 0 Å². The summed E-state index contributed by atoms with van der Waals surface area (Å²) in [4.78, 5) is 25.5.